The second-order valence-electron chi connectivity index (χ2n) is 3.67. The van der Waals surface area contributed by atoms with Gasteiger partial charge in [-0.2, -0.15) is 0 Å². The fourth-order valence-corrected chi connectivity index (χ4v) is 1.76. The lowest BCUT2D eigenvalue weighted by molar-refractivity contribution is 0.0618. The van der Waals surface area contributed by atoms with E-state index < -0.39 is 4.33 Å². The molecule has 0 radical (unpaired) electrons. The molecule has 0 bridgehead atoms. The molecule has 1 nitrogen and oxygen atoms in total. The van der Waals surface area contributed by atoms with E-state index in [2.05, 4.69) is 6.92 Å². The predicted octanol–water partition coefficient (Wildman–Crippen LogP) is 4.56. The van der Waals surface area contributed by atoms with Crippen molar-refractivity contribution in [1.82, 2.24) is 0 Å². The molecule has 0 aliphatic heterocycles. The van der Waals surface area contributed by atoms with Gasteiger partial charge < -0.3 is 4.74 Å². The summed E-state index contributed by atoms with van der Waals surface area (Å²) in [6.07, 6.45) is 5.51. The van der Waals surface area contributed by atoms with Crippen molar-refractivity contribution in [1.29, 1.82) is 0 Å². The summed E-state index contributed by atoms with van der Waals surface area (Å²) in [7, 11) is 0. The zero-order chi connectivity index (χ0) is 11.0. The molecule has 0 aliphatic carbocycles. The zero-order valence-electron chi connectivity index (χ0n) is 9.48. The molecule has 0 spiro atoms. The molecule has 0 amide bonds. The lowest BCUT2D eigenvalue weighted by Gasteiger charge is -2.26. The minimum atomic E-state index is -0.719. The van der Waals surface area contributed by atoms with Crippen molar-refractivity contribution in [2.45, 2.75) is 63.3 Å². The highest BCUT2D eigenvalue weighted by Gasteiger charge is 2.31. The van der Waals surface area contributed by atoms with Crippen molar-refractivity contribution >= 4 is 23.2 Å². The summed E-state index contributed by atoms with van der Waals surface area (Å²) in [5.41, 5.74) is 0. The standard InChI is InChI=1S/C11H22Cl2O/c1-4-6-7-8-9-11(12,13)10(3)14-5-2/h10H,4-9H2,1-3H3. The van der Waals surface area contributed by atoms with E-state index in [4.69, 9.17) is 27.9 Å². The van der Waals surface area contributed by atoms with E-state index in [0.717, 1.165) is 12.8 Å². The number of ether oxygens (including phenoxy) is 1. The van der Waals surface area contributed by atoms with E-state index in [1.165, 1.54) is 19.3 Å². The minimum absolute atomic E-state index is 0.0857. The summed E-state index contributed by atoms with van der Waals surface area (Å²) in [5, 5.41) is 0. The molecular formula is C11H22Cl2O. The number of unbranched alkanes of at least 4 members (excludes halogenated alkanes) is 3. The van der Waals surface area contributed by atoms with Crippen LogP contribution in [0.25, 0.3) is 0 Å². The smallest absolute Gasteiger partial charge is 0.143 e. The molecule has 3 heteroatoms. The Morgan fingerprint density at radius 2 is 1.79 bits per heavy atom. The SMILES string of the molecule is CCCCCCC(Cl)(Cl)C(C)OCC. The van der Waals surface area contributed by atoms with Gasteiger partial charge in [-0.15, -0.1) is 0 Å². The number of halogens is 2. The average Bonchev–Trinajstić information content (AvgIpc) is 2.13. The minimum Gasteiger partial charge on any atom is -0.376 e. The van der Waals surface area contributed by atoms with E-state index >= 15 is 0 Å². The summed E-state index contributed by atoms with van der Waals surface area (Å²) in [6, 6.07) is 0. The quantitative estimate of drug-likeness (QED) is 0.447. The van der Waals surface area contributed by atoms with Gasteiger partial charge in [0.05, 0.1) is 6.10 Å². The number of hydrogen-bond acceptors (Lipinski definition) is 1. The fourth-order valence-electron chi connectivity index (χ4n) is 1.36. The van der Waals surface area contributed by atoms with Gasteiger partial charge >= 0.3 is 0 Å². The molecule has 1 atom stereocenters. The average molecular weight is 241 g/mol. The Balaban J connectivity index is 3.69. The number of hydrogen-bond donors (Lipinski definition) is 0. The maximum absolute atomic E-state index is 6.18. The van der Waals surface area contributed by atoms with Crippen molar-refractivity contribution in [3.05, 3.63) is 0 Å². The van der Waals surface area contributed by atoms with E-state index in [1.807, 2.05) is 13.8 Å². The van der Waals surface area contributed by atoms with Gasteiger partial charge in [-0.05, 0) is 20.3 Å². The third kappa shape index (κ3) is 6.10. The molecule has 0 heterocycles. The number of alkyl halides is 2. The van der Waals surface area contributed by atoms with Crippen LogP contribution in [0.4, 0.5) is 0 Å². The molecule has 86 valence electrons. The summed E-state index contributed by atoms with van der Waals surface area (Å²) in [5.74, 6) is 0. The highest BCUT2D eigenvalue weighted by atomic mass is 35.5. The van der Waals surface area contributed by atoms with Crippen molar-refractivity contribution in [2.75, 3.05) is 6.61 Å². The van der Waals surface area contributed by atoms with E-state index in [0.29, 0.717) is 6.61 Å². The van der Waals surface area contributed by atoms with Gasteiger partial charge in [-0.3, -0.25) is 0 Å². The molecule has 14 heavy (non-hydrogen) atoms. The summed E-state index contributed by atoms with van der Waals surface area (Å²) < 4.78 is 4.68. The highest BCUT2D eigenvalue weighted by Crippen LogP contribution is 2.33. The second kappa shape index (κ2) is 7.78. The van der Waals surface area contributed by atoms with E-state index in [1.54, 1.807) is 0 Å². The first kappa shape index (κ1) is 14.5. The molecular weight excluding hydrogens is 219 g/mol. The van der Waals surface area contributed by atoms with Gasteiger partial charge in [-0.1, -0.05) is 55.8 Å². The maximum Gasteiger partial charge on any atom is 0.143 e. The molecule has 0 aromatic heterocycles. The molecule has 0 rings (SSSR count). The van der Waals surface area contributed by atoms with Crippen molar-refractivity contribution in [3.63, 3.8) is 0 Å². The van der Waals surface area contributed by atoms with Crippen molar-refractivity contribution in [3.8, 4) is 0 Å². The lowest BCUT2D eigenvalue weighted by atomic mass is 10.1. The Bertz CT molecular complexity index is 137. The predicted molar refractivity (Wildman–Crippen MR) is 64.3 cm³/mol. The second-order valence-corrected chi connectivity index (χ2v) is 5.21. The molecule has 0 aromatic rings. The van der Waals surface area contributed by atoms with Gasteiger partial charge in [0.2, 0.25) is 0 Å². The van der Waals surface area contributed by atoms with Gasteiger partial charge in [-0.25, -0.2) is 0 Å². The first-order chi connectivity index (χ1) is 6.54. The van der Waals surface area contributed by atoms with Crippen LogP contribution in [0.3, 0.4) is 0 Å². The van der Waals surface area contributed by atoms with Crippen LogP contribution in [0.5, 0.6) is 0 Å². The van der Waals surface area contributed by atoms with Crippen molar-refractivity contribution < 1.29 is 4.74 Å². The van der Waals surface area contributed by atoms with Gasteiger partial charge in [0, 0.05) is 6.61 Å². The first-order valence-electron chi connectivity index (χ1n) is 5.54. The Labute approximate surface area is 98.1 Å². The number of rotatable bonds is 8. The highest BCUT2D eigenvalue weighted by molar-refractivity contribution is 6.48. The van der Waals surface area contributed by atoms with Gasteiger partial charge in [0.25, 0.3) is 0 Å². The van der Waals surface area contributed by atoms with Crippen LogP contribution in [0.15, 0.2) is 0 Å². The van der Waals surface area contributed by atoms with E-state index in [9.17, 15) is 0 Å². The molecule has 0 aliphatic rings. The van der Waals surface area contributed by atoms with Crippen molar-refractivity contribution in [2.24, 2.45) is 0 Å². The monoisotopic (exact) mass is 240 g/mol. The third-order valence-corrected chi connectivity index (χ3v) is 3.37. The van der Waals surface area contributed by atoms with Crippen LogP contribution in [-0.2, 0) is 4.74 Å². The van der Waals surface area contributed by atoms with Crippen LogP contribution < -0.4 is 0 Å². The van der Waals surface area contributed by atoms with Crippen LogP contribution in [0, 0.1) is 0 Å². The molecule has 0 saturated carbocycles. The van der Waals surface area contributed by atoms with Gasteiger partial charge in [0.15, 0.2) is 0 Å². The molecule has 0 N–H and O–H groups in total. The summed E-state index contributed by atoms with van der Waals surface area (Å²) >= 11 is 12.4. The molecule has 1 unspecified atom stereocenters. The third-order valence-electron chi connectivity index (χ3n) is 2.38. The molecule has 0 saturated heterocycles. The van der Waals surface area contributed by atoms with Crippen LogP contribution in [0.1, 0.15) is 52.9 Å². The Hall–Kier alpha value is 0.540. The topological polar surface area (TPSA) is 9.23 Å². The van der Waals surface area contributed by atoms with Crippen LogP contribution >= 0.6 is 23.2 Å². The zero-order valence-corrected chi connectivity index (χ0v) is 11.0. The maximum atomic E-state index is 6.18. The van der Waals surface area contributed by atoms with Crippen LogP contribution in [0.2, 0.25) is 0 Å². The molecule has 0 fully saturated rings. The first-order valence-corrected chi connectivity index (χ1v) is 6.29. The Morgan fingerprint density at radius 1 is 1.14 bits per heavy atom. The van der Waals surface area contributed by atoms with E-state index in [-0.39, 0.29) is 6.10 Å². The largest absolute Gasteiger partial charge is 0.376 e. The van der Waals surface area contributed by atoms with Crippen LogP contribution in [-0.4, -0.2) is 17.0 Å². The normalized spacial score (nSPS) is 14.4. The molecule has 0 aromatic carbocycles. The summed E-state index contributed by atoms with van der Waals surface area (Å²) in [6.45, 7) is 6.75. The Morgan fingerprint density at radius 3 is 2.29 bits per heavy atom. The fraction of sp³-hybridized carbons (Fsp3) is 1.00. The summed E-state index contributed by atoms with van der Waals surface area (Å²) in [4.78, 5) is 0. The van der Waals surface area contributed by atoms with Gasteiger partial charge in [0.1, 0.15) is 4.33 Å². The lowest BCUT2D eigenvalue weighted by Crippen LogP contribution is -2.31. The Kier molecular flexibility index (Phi) is 8.08.